The van der Waals surface area contributed by atoms with Gasteiger partial charge >= 0.3 is 0 Å². The van der Waals surface area contributed by atoms with Gasteiger partial charge in [0.2, 0.25) is 0 Å². The van der Waals surface area contributed by atoms with Crippen LogP contribution in [0.4, 0.5) is 11.5 Å². The molecule has 116 valence electrons. The molecule has 1 atom stereocenters. The van der Waals surface area contributed by atoms with E-state index in [0.29, 0.717) is 10.5 Å². The van der Waals surface area contributed by atoms with E-state index in [2.05, 4.69) is 45.0 Å². The van der Waals surface area contributed by atoms with Crippen molar-refractivity contribution in [2.45, 2.75) is 45.2 Å². The molecule has 2 heterocycles. The standard InChI is InChI=1S/C14H21BrN4O2/c1-10(2)18(9-11-5-3-4-6-16-11)14-13(15)7-12(8-17-14)19(20)21/h7-8,10-11,16H,3-6,9H2,1-2H3. The van der Waals surface area contributed by atoms with Crippen LogP contribution >= 0.6 is 15.9 Å². The summed E-state index contributed by atoms with van der Waals surface area (Å²) < 4.78 is 0.668. The molecule has 1 aromatic rings. The van der Waals surface area contributed by atoms with Crippen LogP contribution in [0.1, 0.15) is 33.1 Å². The number of nitrogens with zero attached hydrogens (tertiary/aromatic N) is 3. The summed E-state index contributed by atoms with van der Waals surface area (Å²) in [6, 6.07) is 2.25. The molecule has 21 heavy (non-hydrogen) atoms. The zero-order valence-corrected chi connectivity index (χ0v) is 14.0. The van der Waals surface area contributed by atoms with Gasteiger partial charge in [0.05, 0.1) is 9.40 Å². The summed E-state index contributed by atoms with van der Waals surface area (Å²) in [5.74, 6) is 0.767. The number of hydrogen-bond donors (Lipinski definition) is 1. The zero-order chi connectivity index (χ0) is 15.4. The third kappa shape index (κ3) is 4.14. The summed E-state index contributed by atoms with van der Waals surface area (Å²) >= 11 is 3.42. The van der Waals surface area contributed by atoms with Gasteiger partial charge in [0.25, 0.3) is 5.69 Å². The first kappa shape index (κ1) is 16.2. The first-order valence-electron chi connectivity index (χ1n) is 7.29. The van der Waals surface area contributed by atoms with E-state index in [1.54, 1.807) is 0 Å². The lowest BCUT2D eigenvalue weighted by Gasteiger charge is -2.34. The molecule has 1 N–H and O–H groups in total. The Balaban J connectivity index is 2.19. The van der Waals surface area contributed by atoms with Gasteiger partial charge in [-0.3, -0.25) is 10.1 Å². The number of piperidine rings is 1. The van der Waals surface area contributed by atoms with E-state index in [1.807, 2.05) is 0 Å². The van der Waals surface area contributed by atoms with Crippen LogP contribution in [0.5, 0.6) is 0 Å². The highest BCUT2D eigenvalue weighted by Crippen LogP contribution is 2.29. The molecular weight excluding hydrogens is 336 g/mol. The lowest BCUT2D eigenvalue weighted by Crippen LogP contribution is -2.46. The predicted molar refractivity (Wildman–Crippen MR) is 86.7 cm³/mol. The van der Waals surface area contributed by atoms with Gasteiger partial charge in [-0.25, -0.2) is 4.98 Å². The van der Waals surface area contributed by atoms with Gasteiger partial charge in [-0.1, -0.05) is 6.42 Å². The van der Waals surface area contributed by atoms with E-state index in [0.717, 1.165) is 25.3 Å². The quantitative estimate of drug-likeness (QED) is 0.648. The Kier molecular flexibility index (Phi) is 5.52. The fourth-order valence-electron chi connectivity index (χ4n) is 2.59. The van der Waals surface area contributed by atoms with Gasteiger partial charge in [0, 0.05) is 24.7 Å². The second kappa shape index (κ2) is 7.17. The molecule has 1 saturated heterocycles. The Bertz CT molecular complexity index is 504. The lowest BCUT2D eigenvalue weighted by molar-refractivity contribution is -0.385. The summed E-state index contributed by atoms with van der Waals surface area (Å²) in [4.78, 5) is 16.9. The lowest BCUT2D eigenvalue weighted by atomic mass is 10.0. The number of rotatable bonds is 5. The predicted octanol–water partition coefficient (Wildman–Crippen LogP) is 3.11. The van der Waals surface area contributed by atoms with Crippen molar-refractivity contribution in [3.05, 3.63) is 26.9 Å². The number of pyridine rings is 1. The maximum Gasteiger partial charge on any atom is 0.288 e. The molecule has 0 radical (unpaired) electrons. The molecular formula is C14H21BrN4O2. The van der Waals surface area contributed by atoms with Crippen molar-refractivity contribution in [1.82, 2.24) is 10.3 Å². The maximum absolute atomic E-state index is 10.8. The third-order valence-electron chi connectivity index (χ3n) is 3.74. The zero-order valence-electron chi connectivity index (χ0n) is 12.4. The van der Waals surface area contributed by atoms with Crippen molar-refractivity contribution >= 4 is 27.4 Å². The number of hydrogen-bond acceptors (Lipinski definition) is 5. The van der Waals surface area contributed by atoms with Crippen molar-refractivity contribution < 1.29 is 4.92 Å². The van der Waals surface area contributed by atoms with Crippen molar-refractivity contribution in [1.29, 1.82) is 0 Å². The molecule has 0 amide bonds. The Morgan fingerprint density at radius 2 is 2.33 bits per heavy atom. The maximum atomic E-state index is 10.8. The summed E-state index contributed by atoms with van der Waals surface area (Å²) in [6.45, 7) is 6.14. The highest BCUT2D eigenvalue weighted by atomic mass is 79.9. The minimum Gasteiger partial charge on any atom is -0.352 e. The SMILES string of the molecule is CC(C)N(CC1CCCCN1)c1ncc([N+](=O)[O-])cc1Br. The van der Waals surface area contributed by atoms with Crippen LogP contribution in [0, 0.1) is 10.1 Å². The number of halogens is 1. The van der Waals surface area contributed by atoms with E-state index in [9.17, 15) is 10.1 Å². The first-order valence-corrected chi connectivity index (χ1v) is 8.08. The average molecular weight is 357 g/mol. The van der Waals surface area contributed by atoms with E-state index in [4.69, 9.17) is 0 Å². The largest absolute Gasteiger partial charge is 0.352 e. The van der Waals surface area contributed by atoms with E-state index in [-0.39, 0.29) is 11.7 Å². The van der Waals surface area contributed by atoms with Gasteiger partial charge in [-0.15, -0.1) is 0 Å². The Labute approximate surface area is 133 Å². The molecule has 1 fully saturated rings. The molecule has 1 aliphatic rings. The second-order valence-electron chi connectivity index (χ2n) is 5.65. The van der Waals surface area contributed by atoms with Crippen LogP contribution in [0.3, 0.4) is 0 Å². The second-order valence-corrected chi connectivity index (χ2v) is 6.50. The molecule has 0 bridgehead atoms. The Hall–Kier alpha value is -1.21. The van der Waals surface area contributed by atoms with Crippen molar-refractivity contribution in [3.63, 3.8) is 0 Å². The van der Waals surface area contributed by atoms with Crippen molar-refractivity contribution in [2.24, 2.45) is 0 Å². The highest BCUT2D eigenvalue weighted by molar-refractivity contribution is 9.10. The highest BCUT2D eigenvalue weighted by Gasteiger charge is 2.22. The Morgan fingerprint density at radius 1 is 1.57 bits per heavy atom. The minimum atomic E-state index is -0.427. The topological polar surface area (TPSA) is 71.3 Å². The monoisotopic (exact) mass is 356 g/mol. The van der Waals surface area contributed by atoms with Crippen molar-refractivity contribution in [2.75, 3.05) is 18.0 Å². The Morgan fingerprint density at radius 3 is 2.86 bits per heavy atom. The van der Waals surface area contributed by atoms with Crippen LogP contribution < -0.4 is 10.2 Å². The molecule has 0 aromatic carbocycles. The van der Waals surface area contributed by atoms with Gasteiger partial charge in [0.1, 0.15) is 12.0 Å². The van der Waals surface area contributed by atoms with Gasteiger partial charge in [0.15, 0.2) is 0 Å². The smallest absolute Gasteiger partial charge is 0.288 e. The third-order valence-corrected chi connectivity index (χ3v) is 4.33. The molecule has 1 aliphatic heterocycles. The number of anilines is 1. The number of aromatic nitrogens is 1. The van der Waals surface area contributed by atoms with E-state index in [1.165, 1.54) is 25.1 Å². The molecule has 1 unspecified atom stereocenters. The minimum absolute atomic E-state index is 0.00474. The average Bonchev–Trinajstić information content (AvgIpc) is 2.46. The van der Waals surface area contributed by atoms with Crippen LogP contribution in [0.25, 0.3) is 0 Å². The molecule has 2 rings (SSSR count). The van der Waals surface area contributed by atoms with E-state index >= 15 is 0 Å². The van der Waals surface area contributed by atoms with Gasteiger partial charge in [-0.05, 0) is 49.2 Å². The van der Waals surface area contributed by atoms with Gasteiger partial charge in [-0.2, -0.15) is 0 Å². The van der Waals surface area contributed by atoms with Gasteiger partial charge < -0.3 is 10.2 Å². The summed E-state index contributed by atoms with van der Waals surface area (Å²) in [7, 11) is 0. The summed E-state index contributed by atoms with van der Waals surface area (Å²) in [6.07, 6.45) is 4.97. The number of nitro groups is 1. The molecule has 0 spiro atoms. The van der Waals surface area contributed by atoms with Crippen LogP contribution in [0.15, 0.2) is 16.7 Å². The number of nitrogens with one attached hydrogen (secondary N) is 1. The van der Waals surface area contributed by atoms with Crippen LogP contribution in [-0.2, 0) is 0 Å². The normalized spacial score (nSPS) is 18.8. The molecule has 0 saturated carbocycles. The fourth-order valence-corrected chi connectivity index (χ4v) is 3.16. The van der Waals surface area contributed by atoms with Crippen LogP contribution in [-0.4, -0.2) is 35.1 Å². The summed E-state index contributed by atoms with van der Waals surface area (Å²) in [5.41, 5.74) is 0.00474. The molecule has 1 aromatic heterocycles. The first-order chi connectivity index (χ1) is 9.99. The molecule has 6 nitrogen and oxygen atoms in total. The molecule has 7 heteroatoms. The summed E-state index contributed by atoms with van der Waals surface area (Å²) in [5, 5.41) is 14.3. The van der Waals surface area contributed by atoms with E-state index < -0.39 is 4.92 Å². The fraction of sp³-hybridized carbons (Fsp3) is 0.643. The van der Waals surface area contributed by atoms with Crippen LogP contribution in [0.2, 0.25) is 0 Å². The molecule has 0 aliphatic carbocycles. The van der Waals surface area contributed by atoms with Crippen molar-refractivity contribution in [3.8, 4) is 0 Å².